The number of carbonyl (C=O) groups excluding carboxylic acids is 4. The fraction of sp³-hybridized carbons (Fsp3) is 0.350. The first kappa shape index (κ1) is 21.0. The summed E-state index contributed by atoms with van der Waals surface area (Å²) in [5.41, 5.74) is 2.10. The van der Waals surface area contributed by atoms with Gasteiger partial charge in [-0.2, -0.15) is 5.01 Å². The summed E-state index contributed by atoms with van der Waals surface area (Å²) >= 11 is 0. The van der Waals surface area contributed by atoms with Gasteiger partial charge in [-0.1, -0.05) is 49.3 Å². The van der Waals surface area contributed by atoms with Crippen molar-refractivity contribution < 1.29 is 28.4 Å². The fourth-order valence-corrected chi connectivity index (χ4v) is 3.32. The molecule has 0 spiro atoms. The van der Waals surface area contributed by atoms with Gasteiger partial charge >= 0.3 is 12.0 Å². The number of imide groups is 1. The van der Waals surface area contributed by atoms with Crippen molar-refractivity contribution in [1.82, 2.24) is 20.9 Å². The molecule has 0 bridgehead atoms. The van der Waals surface area contributed by atoms with E-state index >= 15 is 0 Å². The zero-order chi connectivity index (χ0) is 21.9. The molecule has 1 aromatic carbocycles. The topological polar surface area (TPSA) is 131 Å². The molecule has 0 unspecified atom stereocenters. The molecule has 1 atom stereocenters. The number of hydrazine groups is 1. The smallest absolute Gasteiger partial charge is 0.344 e. The third-order valence-electron chi connectivity index (χ3n) is 4.93. The molecule has 1 aliphatic rings. The molecule has 10 heteroatoms. The first-order chi connectivity index (χ1) is 14.3. The number of rotatable bonds is 7. The lowest BCUT2D eigenvalue weighted by molar-refractivity contribution is -0.140. The highest BCUT2D eigenvalue weighted by molar-refractivity contribution is 6.08. The molecule has 1 saturated heterocycles. The van der Waals surface area contributed by atoms with Gasteiger partial charge in [0.1, 0.15) is 16.9 Å². The minimum absolute atomic E-state index is 0.161. The first-order valence-corrected chi connectivity index (χ1v) is 9.48. The standard InChI is InChI=1S/C20H22N4O6/c1-4-14-16(12(3)30-23-14)17(26)29-11-15(25)22-24-18(27)20(5-2,21-19(24)28)13-9-7-6-8-10-13/h6-10H,4-5,11H2,1-3H3,(H,21,28)(H,22,25)/t20-/m0/s1. The normalized spacial score (nSPS) is 18.3. The summed E-state index contributed by atoms with van der Waals surface area (Å²) in [6, 6.07) is 7.98. The Morgan fingerprint density at radius 3 is 2.57 bits per heavy atom. The number of nitrogens with one attached hydrogen (secondary N) is 2. The third kappa shape index (κ3) is 3.63. The van der Waals surface area contributed by atoms with Crippen LogP contribution in [0.5, 0.6) is 0 Å². The van der Waals surface area contributed by atoms with Crippen LogP contribution in [-0.4, -0.2) is 40.6 Å². The maximum Gasteiger partial charge on any atom is 0.344 e. The molecule has 2 N–H and O–H groups in total. The van der Waals surface area contributed by atoms with Gasteiger partial charge in [-0.15, -0.1) is 0 Å². The average Bonchev–Trinajstić information content (AvgIpc) is 3.25. The molecular formula is C20H22N4O6. The summed E-state index contributed by atoms with van der Waals surface area (Å²) in [5.74, 6) is -1.95. The van der Waals surface area contributed by atoms with Crippen LogP contribution in [0.4, 0.5) is 4.79 Å². The quantitative estimate of drug-likeness (QED) is 0.520. The van der Waals surface area contributed by atoms with Crippen LogP contribution in [0, 0.1) is 6.92 Å². The van der Waals surface area contributed by atoms with E-state index in [-0.39, 0.29) is 17.7 Å². The number of nitrogens with zero attached hydrogens (tertiary/aromatic N) is 2. The molecule has 2 aromatic rings. The third-order valence-corrected chi connectivity index (χ3v) is 4.93. The molecule has 10 nitrogen and oxygen atoms in total. The number of hydrogen-bond donors (Lipinski definition) is 2. The van der Waals surface area contributed by atoms with Crippen molar-refractivity contribution in [2.24, 2.45) is 0 Å². The average molecular weight is 414 g/mol. The number of ether oxygens (including phenoxy) is 1. The lowest BCUT2D eigenvalue weighted by Gasteiger charge is -2.25. The van der Waals surface area contributed by atoms with Crippen LogP contribution >= 0.6 is 0 Å². The van der Waals surface area contributed by atoms with Crippen molar-refractivity contribution >= 4 is 23.8 Å². The number of esters is 1. The van der Waals surface area contributed by atoms with E-state index < -0.39 is 36.0 Å². The summed E-state index contributed by atoms with van der Waals surface area (Å²) in [6.07, 6.45) is 0.741. The molecule has 0 saturated carbocycles. The summed E-state index contributed by atoms with van der Waals surface area (Å²) in [4.78, 5) is 49.8. The summed E-state index contributed by atoms with van der Waals surface area (Å²) in [6.45, 7) is 4.42. The van der Waals surface area contributed by atoms with E-state index in [2.05, 4.69) is 15.9 Å². The van der Waals surface area contributed by atoms with E-state index in [1.807, 2.05) is 0 Å². The van der Waals surface area contributed by atoms with Gasteiger partial charge in [0.2, 0.25) is 0 Å². The molecule has 30 heavy (non-hydrogen) atoms. The molecule has 1 aliphatic heterocycles. The predicted octanol–water partition coefficient (Wildman–Crippen LogP) is 1.59. The first-order valence-electron chi connectivity index (χ1n) is 9.48. The maximum atomic E-state index is 13.0. The second kappa shape index (κ2) is 8.36. The van der Waals surface area contributed by atoms with Crippen LogP contribution < -0.4 is 10.7 Å². The minimum atomic E-state index is -1.28. The lowest BCUT2D eigenvalue weighted by Crippen LogP contribution is -2.49. The Bertz CT molecular complexity index is 986. The number of aryl methyl sites for hydroxylation is 2. The zero-order valence-electron chi connectivity index (χ0n) is 16.9. The number of aromatic nitrogens is 1. The van der Waals surface area contributed by atoms with Gasteiger partial charge < -0.3 is 14.6 Å². The van der Waals surface area contributed by atoms with Gasteiger partial charge in [-0.05, 0) is 25.3 Å². The van der Waals surface area contributed by atoms with Gasteiger partial charge in [0.25, 0.3) is 11.8 Å². The molecule has 3 rings (SSSR count). The van der Waals surface area contributed by atoms with E-state index in [1.54, 1.807) is 51.1 Å². The number of carbonyl (C=O) groups is 4. The maximum absolute atomic E-state index is 13.0. The second-order valence-electron chi connectivity index (χ2n) is 6.72. The van der Waals surface area contributed by atoms with E-state index in [4.69, 9.17) is 9.26 Å². The molecule has 1 aromatic heterocycles. The van der Waals surface area contributed by atoms with E-state index in [1.165, 1.54) is 0 Å². The van der Waals surface area contributed by atoms with Gasteiger partial charge in [0.15, 0.2) is 6.61 Å². The fourth-order valence-electron chi connectivity index (χ4n) is 3.32. The van der Waals surface area contributed by atoms with E-state index in [0.29, 0.717) is 22.7 Å². The Kier molecular flexibility index (Phi) is 5.86. The van der Waals surface area contributed by atoms with Crippen molar-refractivity contribution in [3.8, 4) is 0 Å². The van der Waals surface area contributed by atoms with Crippen LogP contribution in [0.15, 0.2) is 34.9 Å². The summed E-state index contributed by atoms with van der Waals surface area (Å²) in [5, 5.41) is 7.01. The lowest BCUT2D eigenvalue weighted by atomic mass is 9.87. The largest absolute Gasteiger partial charge is 0.452 e. The molecule has 0 aliphatic carbocycles. The second-order valence-corrected chi connectivity index (χ2v) is 6.72. The van der Waals surface area contributed by atoms with Crippen LogP contribution in [-0.2, 0) is 26.3 Å². The Balaban J connectivity index is 1.67. The van der Waals surface area contributed by atoms with Crippen molar-refractivity contribution in [2.75, 3.05) is 6.61 Å². The van der Waals surface area contributed by atoms with Gasteiger partial charge in [-0.3, -0.25) is 15.0 Å². The minimum Gasteiger partial charge on any atom is -0.452 e. The van der Waals surface area contributed by atoms with Crippen molar-refractivity contribution in [3.05, 3.63) is 52.9 Å². The highest BCUT2D eigenvalue weighted by Gasteiger charge is 2.52. The van der Waals surface area contributed by atoms with E-state index in [0.717, 1.165) is 0 Å². The molecule has 1 fully saturated rings. The highest BCUT2D eigenvalue weighted by Crippen LogP contribution is 2.31. The molecular weight excluding hydrogens is 392 g/mol. The number of amides is 4. The summed E-state index contributed by atoms with van der Waals surface area (Å²) in [7, 11) is 0. The number of urea groups is 1. The highest BCUT2D eigenvalue weighted by atomic mass is 16.5. The van der Waals surface area contributed by atoms with Gasteiger partial charge in [-0.25, -0.2) is 9.59 Å². The van der Waals surface area contributed by atoms with Gasteiger partial charge in [0, 0.05) is 0 Å². The summed E-state index contributed by atoms with van der Waals surface area (Å²) < 4.78 is 9.96. The Hall–Kier alpha value is -3.69. The van der Waals surface area contributed by atoms with Crippen molar-refractivity contribution in [1.29, 1.82) is 0 Å². The van der Waals surface area contributed by atoms with Gasteiger partial charge in [0.05, 0.1) is 5.69 Å². The molecule has 0 radical (unpaired) electrons. The van der Waals surface area contributed by atoms with Crippen LogP contribution in [0.2, 0.25) is 0 Å². The predicted molar refractivity (Wildman–Crippen MR) is 103 cm³/mol. The molecule has 4 amide bonds. The van der Waals surface area contributed by atoms with Crippen LogP contribution in [0.25, 0.3) is 0 Å². The Labute approximate surface area is 172 Å². The van der Waals surface area contributed by atoms with Crippen molar-refractivity contribution in [3.63, 3.8) is 0 Å². The number of benzene rings is 1. The SMILES string of the molecule is CCc1noc(C)c1C(=O)OCC(=O)NN1C(=O)N[C@@](CC)(c2ccccc2)C1=O. The Morgan fingerprint density at radius 1 is 1.23 bits per heavy atom. The van der Waals surface area contributed by atoms with Crippen LogP contribution in [0.3, 0.4) is 0 Å². The Morgan fingerprint density at radius 2 is 1.93 bits per heavy atom. The van der Waals surface area contributed by atoms with Crippen LogP contribution in [0.1, 0.15) is 47.6 Å². The molecule has 158 valence electrons. The van der Waals surface area contributed by atoms with E-state index in [9.17, 15) is 19.2 Å². The zero-order valence-corrected chi connectivity index (χ0v) is 16.9. The van der Waals surface area contributed by atoms with Crippen molar-refractivity contribution in [2.45, 2.75) is 39.2 Å². The monoisotopic (exact) mass is 414 g/mol. The number of hydrogen-bond acceptors (Lipinski definition) is 7. The molecule has 2 heterocycles.